The SMILES string of the molecule is Cc1ccc(COc2ccc(Cl)cc2CNC(=O)CCC(=O)O)cc1. The summed E-state index contributed by atoms with van der Waals surface area (Å²) < 4.78 is 5.84. The van der Waals surface area contributed by atoms with E-state index in [1.54, 1.807) is 18.2 Å². The number of halogens is 1. The van der Waals surface area contributed by atoms with E-state index in [1.165, 1.54) is 5.56 Å². The van der Waals surface area contributed by atoms with Crippen LogP contribution in [0.25, 0.3) is 0 Å². The number of hydrogen-bond donors (Lipinski definition) is 2. The number of ether oxygens (including phenoxy) is 1. The lowest BCUT2D eigenvalue weighted by atomic mass is 10.1. The molecule has 25 heavy (non-hydrogen) atoms. The highest BCUT2D eigenvalue weighted by Crippen LogP contribution is 2.24. The number of nitrogens with one attached hydrogen (secondary N) is 1. The third-order valence-electron chi connectivity index (χ3n) is 3.58. The lowest BCUT2D eigenvalue weighted by Crippen LogP contribution is -2.23. The Morgan fingerprint density at radius 2 is 1.84 bits per heavy atom. The molecule has 132 valence electrons. The monoisotopic (exact) mass is 361 g/mol. The Bertz CT molecular complexity index is 744. The van der Waals surface area contributed by atoms with Crippen LogP contribution in [0.15, 0.2) is 42.5 Å². The minimum absolute atomic E-state index is 0.0601. The first-order chi connectivity index (χ1) is 11.9. The lowest BCUT2D eigenvalue weighted by molar-refractivity contribution is -0.138. The van der Waals surface area contributed by atoms with Crippen LogP contribution in [0, 0.1) is 6.92 Å². The molecule has 2 aromatic rings. The first-order valence-electron chi connectivity index (χ1n) is 7.89. The molecular weight excluding hydrogens is 342 g/mol. The summed E-state index contributed by atoms with van der Waals surface area (Å²) in [6.45, 7) is 2.65. The van der Waals surface area contributed by atoms with E-state index in [-0.39, 0.29) is 25.3 Å². The Labute approximate surface area is 151 Å². The molecular formula is C19H20ClNO4. The molecule has 0 saturated heterocycles. The van der Waals surface area contributed by atoms with E-state index in [4.69, 9.17) is 21.4 Å². The van der Waals surface area contributed by atoms with Crippen molar-refractivity contribution in [2.45, 2.75) is 32.9 Å². The van der Waals surface area contributed by atoms with Crippen molar-refractivity contribution < 1.29 is 19.4 Å². The van der Waals surface area contributed by atoms with Gasteiger partial charge in [0.05, 0.1) is 6.42 Å². The summed E-state index contributed by atoms with van der Waals surface area (Å²) >= 11 is 6.02. The summed E-state index contributed by atoms with van der Waals surface area (Å²) in [5, 5.41) is 11.8. The highest BCUT2D eigenvalue weighted by Gasteiger charge is 2.09. The average molecular weight is 362 g/mol. The van der Waals surface area contributed by atoms with Gasteiger partial charge in [-0.05, 0) is 30.7 Å². The fraction of sp³-hybridized carbons (Fsp3) is 0.263. The van der Waals surface area contributed by atoms with Gasteiger partial charge in [0.15, 0.2) is 0 Å². The molecule has 0 aliphatic rings. The Balaban J connectivity index is 1.97. The van der Waals surface area contributed by atoms with Gasteiger partial charge in [0.25, 0.3) is 0 Å². The van der Waals surface area contributed by atoms with E-state index in [0.29, 0.717) is 17.4 Å². The van der Waals surface area contributed by atoms with E-state index >= 15 is 0 Å². The number of carboxylic acids is 1. The minimum atomic E-state index is -1.000. The summed E-state index contributed by atoms with van der Waals surface area (Å²) in [4.78, 5) is 22.2. The number of aliphatic carboxylic acids is 1. The van der Waals surface area contributed by atoms with Crippen molar-refractivity contribution in [1.82, 2.24) is 5.32 Å². The molecule has 0 fully saturated rings. The Morgan fingerprint density at radius 3 is 2.52 bits per heavy atom. The second kappa shape index (κ2) is 9.08. The largest absolute Gasteiger partial charge is 0.489 e. The van der Waals surface area contributed by atoms with E-state index in [0.717, 1.165) is 11.1 Å². The van der Waals surface area contributed by atoms with Gasteiger partial charge in [-0.2, -0.15) is 0 Å². The lowest BCUT2D eigenvalue weighted by Gasteiger charge is -2.13. The van der Waals surface area contributed by atoms with Gasteiger partial charge in [-0.1, -0.05) is 41.4 Å². The predicted molar refractivity (Wildman–Crippen MR) is 95.7 cm³/mol. The van der Waals surface area contributed by atoms with Crippen LogP contribution in [-0.2, 0) is 22.7 Å². The van der Waals surface area contributed by atoms with Gasteiger partial charge in [0.2, 0.25) is 5.91 Å². The van der Waals surface area contributed by atoms with Crippen LogP contribution in [0.1, 0.15) is 29.5 Å². The fourth-order valence-electron chi connectivity index (χ4n) is 2.18. The molecule has 2 aromatic carbocycles. The zero-order valence-corrected chi connectivity index (χ0v) is 14.7. The molecule has 0 aliphatic carbocycles. The van der Waals surface area contributed by atoms with Crippen molar-refractivity contribution in [2.75, 3.05) is 0 Å². The van der Waals surface area contributed by atoms with Gasteiger partial charge in [0.1, 0.15) is 12.4 Å². The molecule has 6 heteroatoms. The van der Waals surface area contributed by atoms with Crippen molar-refractivity contribution in [1.29, 1.82) is 0 Å². The number of carbonyl (C=O) groups excluding carboxylic acids is 1. The topological polar surface area (TPSA) is 75.6 Å². The number of hydrogen-bond acceptors (Lipinski definition) is 3. The quantitative estimate of drug-likeness (QED) is 0.751. The molecule has 0 aromatic heterocycles. The molecule has 0 unspecified atom stereocenters. The van der Waals surface area contributed by atoms with Crippen LogP contribution in [0.3, 0.4) is 0 Å². The highest BCUT2D eigenvalue weighted by molar-refractivity contribution is 6.30. The Hall–Kier alpha value is -2.53. The van der Waals surface area contributed by atoms with E-state index in [2.05, 4.69) is 5.32 Å². The second-order valence-corrected chi connectivity index (χ2v) is 6.13. The first kappa shape index (κ1) is 18.8. The molecule has 0 heterocycles. The van der Waals surface area contributed by atoms with E-state index in [1.807, 2.05) is 31.2 Å². The highest BCUT2D eigenvalue weighted by atomic mass is 35.5. The van der Waals surface area contributed by atoms with E-state index in [9.17, 15) is 9.59 Å². The zero-order chi connectivity index (χ0) is 18.2. The van der Waals surface area contributed by atoms with Crippen LogP contribution >= 0.6 is 11.6 Å². The molecule has 2 rings (SSSR count). The maximum absolute atomic E-state index is 11.7. The molecule has 0 atom stereocenters. The molecule has 0 spiro atoms. The summed E-state index contributed by atoms with van der Waals surface area (Å²) in [5.41, 5.74) is 2.96. The second-order valence-electron chi connectivity index (χ2n) is 5.70. The van der Waals surface area contributed by atoms with Crippen LogP contribution < -0.4 is 10.1 Å². The summed E-state index contributed by atoms with van der Waals surface area (Å²) in [6, 6.07) is 13.2. The van der Waals surface area contributed by atoms with Crippen molar-refractivity contribution in [3.05, 3.63) is 64.2 Å². The summed E-state index contributed by atoms with van der Waals surface area (Å²) in [5.74, 6) is -0.699. The van der Waals surface area contributed by atoms with Crippen LogP contribution in [-0.4, -0.2) is 17.0 Å². The minimum Gasteiger partial charge on any atom is -0.489 e. The van der Waals surface area contributed by atoms with Gasteiger partial charge in [-0.3, -0.25) is 9.59 Å². The predicted octanol–water partition coefficient (Wildman–Crippen LogP) is 3.71. The van der Waals surface area contributed by atoms with Crippen molar-refractivity contribution in [3.8, 4) is 5.75 Å². The number of benzene rings is 2. The summed E-state index contributed by atoms with van der Waals surface area (Å²) in [6.07, 6.45) is -0.256. The summed E-state index contributed by atoms with van der Waals surface area (Å²) in [7, 11) is 0. The van der Waals surface area contributed by atoms with Crippen LogP contribution in [0.5, 0.6) is 5.75 Å². The zero-order valence-electron chi connectivity index (χ0n) is 13.9. The van der Waals surface area contributed by atoms with Gasteiger partial charge in [0, 0.05) is 23.6 Å². The molecule has 0 bridgehead atoms. The number of amides is 1. The first-order valence-corrected chi connectivity index (χ1v) is 8.27. The Kier molecular flexibility index (Phi) is 6.83. The molecule has 5 nitrogen and oxygen atoms in total. The molecule has 0 aliphatic heterocycles. The standard InChI is InChI=1S/C19H20ClNO4/c1-13-2-4-14(5-3-13)12-25-17-7-6-16(20)10-15(17)11-21-18(22)8-9-19(23)24/h2-7,10H,8-9,11-12H2,1H3,(H,21,22)(H,23,24). The van der Waals surface area contributed by atoms with Gasteiger partial charge in [-0.25, -0.2) is 0 Å². The van der Waals surface area contributed by atoms with Crippen molar-refractivity contribution in [3.63, 3.8) is 0 Å². The molecule has 2 N–H and O–H groups in total. The van der Waals surface area contributed by atoms with Gasteiger partial charge < -0.3 is 15.2 Å². The number of carbonyl (C=O) groups is 2. The Morgan fingerprint density at radius 1 is 1.12 bits per heavy atom. The van der Waals surface area contributed by atoms with Crippen molar-refractivity contribution in [2.24, 2.45) is 0 Å². The van der Waals surface area contributed by atoms with E-state index < -0.39 is 5.97 Å². The molecule has 0 radical (unpaired) electrons. The molecule has 1 amide bonds. The third-order valence-corrected chi connectivity index (χ3v) is 3.81. The number of aryl methyl sites for hydroxylation is 1. The third kappa shape index (κ3) is 6.47. The van der Waals surface area contributed by atoms with Crippen LogP contribution in [0.4, 0.5) is 0 Å². The maximum atomic E-state index is 11.7. The number of rotatable bonds is 8. The fourth-order valence-corrected chi connectivity index (χ4v) is 2.37. The number of carboxylic acid groups (broad SMARTS) is 1. The van der Waals surface area contributed by atoms with Crippen molar-refractivity contribution >= 4 is 23.5 Å². The smallest absolute Gasteiger partial charge is 0.303 e. The molecule has 0 saturated carbocycles. The normalized spacial score (nSPS) is 10.3. The van der Waals surface area contributed by atoms with Gasteiger partial charge in [-0.15, -0.1) is 0 Å². The van der Waals surface area contributed by atoms with Crippen LogP contribution in [0.2, 0.25) is 5.02 Å². The average Bonchev–Trinajstić information content (AvgIpc) is 2.58. The maximum Gasteiger partial charge on any atom is 0.303 e. The van der Waals surface area contributed by atoms with Gasteiger partial charge >= 0.3 is 5.97 Å².